The van der Waals surface area contributed by atoms with Crippen molar-refractivity contribution in [3.63, 3.8) is 0 Å². The number of nitrogens with one attached hydrogen (secondary N) is 2. The van der Waals surface area contributed by atoms with Crippen molar-refractivity contribution in [2.75, 3.05) is 19.0 Å². The molecule has 2 aromatic carbocycles. The predicted octanol–water partition coefficient (Wildman–Crippen LogP) is 3.64. The Labute approximate surface area is 142 Å². The van der Waals surface area contributed by atoms with Crippen LogP contribution in [0.4, 0.5) is 10.5 Å². The third kappa shape index (κ3) is 4.99. The highest BCUT2D eigenvalue weighted by atomic mass is 16.5. The number of ether oxygens (including phenoxy) is 1. The summed E-state index contributed by atoms with van der Waals surface area (Å²) in [5.41, 5.74) is 2.67. The fraction of sp³-hybridized carbons (Fsp3) is 0.316. The van der Waals surface area contributed by atoms with Crippen LogP contribution in [0.5, 0.6) is 5.75 Å². The molecule has 2 aromatic rings. The van der Waals surface area contributed by atoms with Crippen LogP contribution in [0.15, 0.2) is 48.5 Å². The van der Waals surface area contributed by atoms with Crippen molar-refractivity contribution in [1.29, 1.82) is 0 Å². The number of hydrogen-bond acceptors (Lipinski definition) is 3. The molecule has 0 aliphatic carbocycles. The molecule has 5 heteroatoms. The van der Waals surface area contributed by atoms with Crippen molar-refractivity contribution in [2.24, 2.45) is 0 Å². The molecule has 5 nitrogen and oxygen atoms in total. The Hall–Kier alpha value is -2.53. The van der Waals surface area contributed by atoms with Gasteiger partial charge in [0.05, 0.1) is 18.8 Å². The highest BCUT2D eigenvalue weighted by Crippen LogP contribution is 2.25. The van der Waals surface area contributed by atoms with E-state index in [1.54, 1.807) is 7.11 Å². The average Bonchev–Trinajstić information content (AvgIpc) is 2.59. The number of amides is 2. The molecule has 0 aliphatic rings. The van der Waals surface area contributed by atoms with E-state index in [0.29, 0.717) is 24.3 Å². The van der Waals surface area contributed by atoms with Gasteiger partial charge in [0, 0.05) is 6.61 Å². The van der Waals surface area contributed by atoms with Crippen LogP contribution in [-0.4, -0.2) is 24.9 Å². The summed E-state index contributed by atoms with van der Waals surface area (Å²) < 4.78 is 5.28. The minimum Gasteiger partial charge on any atom is -0.495 e. The van der Waals surface area contributed by atoms with E-state index in [0.717, 1.165) is 11.1 Å². The maximum atomic E-state index is 12.4. The first-order valence-corrected chi connectivity index (χ1v) is 8.02. The molecule has 128 valence electrons. The third-order valence-corrected chi connectivity index (χ3v) is 3.76. The van der Waals surface area contributed by atoms with Crippen molar-refractivity contribution < 1.29 is 14.6 Å². The van der Waals surface area contributed by atoms with E-state index in [2.05, 4.69) is 10.6 Å². The van der Waals surface area contributed by atoms with E-state index in [1.807, 2.05) is 55.5 Å². The Morgan fingerprint density at radius 1 is 1.21 bits per heavy atom. The van der Waals surface area contributed by atoms with E-state index in [-0.39, 0.29) is 18.7 Å². The SMILES string of the molecule is COc1ccc(C)cc1NC(=O)NC(CCCO)c1ccccc1. The van der Waals surface area contributed by atoms with E-state index < -0.39 is 0 Å². The molecule has 2 amide bonds. The Bertz CT molecular complexity index is 659. The first-order valence-electron chi connectivity index (χ1n) is 8.02. The Balaban J connectivity index is 2.09. The van der Waals surface area contributed by atoms with Crippen LogP contribution in [0.25, 0.3) is 0 Å². The summed E-state index contributed by atoms with van der Waals surface area (Å²) in [4.78, 5) is 12.4. The molecule has 0 saturated heterocycles. The molecule has 0 radical (unpaired) electrons. The molecule has 0 heterocycles. The summed E-state index contributed by atoms with van der Waals surface area (Å²) >= 11 is 0. The summed E-state index contributed by atoms with van der Waals surface area (Å²) in [5, 5.41) is 14.9. The maximum Gasteiger partial charge on any atom is 0.319 e. The van der Waals surface area contributed by atoms with Crippen molar-refractivity contribution in [2.45, 2.75) is 25.8 Å². The van der Waals surface area contributed by atoms with Gasteiger partial charge >= 0.3 is 6.03 Å². The number of hydrogen-bond donors (Lipinski definition) is 3. The van der Waals surface area contributed by atoms with Crippen LogP contribution < -0.4 is 15.4 Å². The second kappa shape index (κ2) is 8.93. The summed E-state index contributed by atoms with van der Waals surface area (Å²) in [5.74, 6) is 0.613. The number of aryl methyl sites for hydroxylation is 1. The van der Waals surface area contributed by atoms with Gasteiger partial charge in [-0.3, -0.25) is 0 Å². The number of aliphatic hydroxyl groups excluding tert-OH is 1. The average molecular weight is 328 g/mol. The van der Waals surface area contributed by atoms with Crippen molar-refractivity contribution in [3.05, 3.63) is 59.7 Å². The molecular formula is C19H24N2O3. The molecule has 0 fully saturated rings. The fourth-order valence-electron chi connectivity index (χ4n) is 2.54. The van der Waals surface area contributed by atoms with Gasteiger partial charge in [0.1, 0.15) is 5.75 Å². The van der Waals surface area contributed by atoms with Gasteiger partial charge in [-0.2, -0.15) is 0 Å². The quantitative estimate of drug-likeness (QED) is 0.727. The number of anilines is 1. The van der Waals surface area contributed by atoms with Gasteiger partial charge in [-0.25, -0.2) is 4.79 Å². The molecular weight excluding hydrogens is 304 g/mol. The number of methoxy groups -OCH3 is 1. The second-order valence-corrected chi connectivity index (χ2v) is 5.63. The van der Waals surface area contributed by atoms with Crippen LogP contribution >= 0.6 is 0 Å². The van der Waals surface area contributed by atoms with Crippen molar-refractivity contribution >= 4 is 11.7 Å². The maximum absolute atomic E-state index is 12.4. The van der Waals surface area contributed by atoms with E-state index in [4.69, 9.17) is 9.84 Å². The number of rotatable bonds is 7. The van der Waals surface area contributed by atoms with Crippen LogP contribution in [-0.2, 0) is 0 Å². The van der Waals surface area contributed by atoms with Gasteiger partial charge in [0.15, 0.2) is 0 Å². The van der Waals surface area contributed by atoms with Gasteiger partial charge in [0.25, 0.3) is 0 Å². The predicted molar refractivity (Wildman–Crippen MR) is 95.4 cm³/mol. The van der Waals surface area contributed by atoms with Crippen molar-refractivity contribution in [3.8, 4) is 5.75 Å². The Kier molecular flexibility index (Phi) is 6.63. The topological polar surface area (TPSA) is 70.6 Å². The normalized spacial score (nSPS) is 11.6. The summed E-state index contributed by atoms with van der Waals surface area (Å²) in [6.45, 7) is 2.05. The Morgan fingerprint density at radius 2 is 1.96 bits per heavy atom. The smallest absolute Gasteiger partial charge is 0.319 e. The zero-order valence-corrected chi connectivity index (χ0v) is 14.1. The second-order valence-electron chi connectivity index (χ2n) is 5.63. The summed E-state index contributed by atoms with van der Waals surface area (Å²) in [7, 11) is 1.57. The third-order valence-electron chi connectivity index (χ3n) is 3.76. The lowest BCUT2D eigenvalue weighted by molar-refractivity contribution is 0.243. The molecule has 1 unspecified atom stereocenters. The minimum atomic E-state index is -0.300. The summed E-state index contributed by atoms with van der Waals surface area (Å²) in [6, 6.07) is 14.9. The van der Waals surface area contributed by atoms with Gasteiger partial charge in [-0.1, -0.05) is 36.4 Å². The summed E-state index contributed by atoms with van der Waals surface area (Å²) in [6.07, 6.45) is 1.28. The Morgan fingerprint density at radius 3 is 2.62 bits per heavy atom. The van der Waals surface area contributed by atoms with Gasteiger partial charge in [-0.05, 0) is 43.0 Å². The monoisotopic (exact) mass is 328 g/mol. The molecule has 2 rings (SSSR count). The van der Waals surface area contributed by atoms with E-state index in [9.17, 15) is 4.79 Å². The lowest BCUT2D eigenvalue weighted by Gasteiger charge is -2.20. The molecule has 0 spiro atoms. The first kappa shape index (κ1) is 17.8. The van der Waals surface area contributed by atoms with E-state index >= 15 is 0 Å². The van der Waals surface area contributed by atoms with Crippen LogP contribution in [0.2, 0.25) is 0 Å². The van der Waals surface area contributed by atoms with Gasteiger partial charge in [0.2, 0.25) is 0 Å². The number of aliphatic hydroxyl groups is 1. The largest absolute Gasteiger partial charge is 0.495 e. The highest BCUT2D eigenvalue weighted by molar-refractivity contribution is 5.91. The number of carbonyl (C=O) groups excluding carboxylic acids is 1. The molecule has 0 saturated carbocycles. The number of urea groups is 1. The van der Waals surface area contributed by atoms with Gasteiger partial charge < -0.3 is 20.5 Å². The van der Waals surface area contributed by atoms with E-state index in [1.165, 1.54) is 0 Å². The minimum absolute atomic E-state index is 0.0956. The molecule has 1 atom stereocenters. The molecule has 0 bridgehead atoms. The van der Waals surface area contributed by atoms with Crippen molar-refractivity contribution in [1.82, 2.24) is 5.32 Å². The molecule has 0 aromatic heterocycles. The van der Waals surface area contributed by atoms with Crippen LogP contribution in [0.3, 0.4) is 0 Å². The zero-order chi connectivity index (χ0) is 17.4. The molecule has 3 N–H and O–H groups in total. The fourth-order valence-corrected chi connectivity index (χ4v) is 2.54. The first-order chi connectivity index (χ1) is 11.6. The van der Waals surface area contributed by atoms with Gasteiger partial charge in [-0.15, -0.1) is 0 Å². The number of benzene rings is 2. The molecule has 24 heavy (non-hydrogen) atoms. The lowest BCUT2D eigenvalue weighted by atomic mass is 10.0. The molecule has 0 aliphatic heterocycles. The standard InChI is InChI=1S/C19H24N2O3/c1-14-10-11-18(24-2)17(13-14)21-19(23)20-16(9-6-12-22)15-7-4-3-5-8-15/h3-5,7-8,10-11,13,16,22H,6,9,12H2,1-2H3,(H2,20,21,23). The lowest BCUT2D eigenvalue weighted by Crippen LogP contribution is -2.32. The van der Waals surface area contributed by atoms with Crippen LogP contribution in [0, 0.1) is 6.92 Å². The number of carbonyl (C=O) groups is 1. The zero-order valence-electron chi connectivity index (χ0n) is 14.1. The van der Waals surface area contributed by atoms with Crippen LogP contribution in [0.1, 0.15) is 30.0 Å². The highest BCUT2D eigenvalue weighted by Gasteiger charge is 2.15.